The van der Waals surface area contributed by atoms with E-state index in [1.54, 1.807) is 4.90 Å². The van der Waals surface area contributed by atoms with Crippen LogP contribution < -0.4 is 15.5 Å². The fourth-order valence-corrected chi connectivity index (χ4v) is 3.18. The Morgan fingerprint density at radius 1 is 1.22 bits per heavy atom. The number of carbonyl (C=O) groups is 2. The fraction of sp³-hybridized carbons (Fsp3) is 0.263. The van der Waals surface area contributed by atoms with Gasteiger partial charge in [-0.3, -0.25) is 19.7 Å². The van der Waals surface area contributed by atoms with E-state index in [1.807, 2.05) is 24.3 Å². The van der Waals surface area contributed by atoms with Crippen LogP contribution in [-0.4, -0.2) is 36.9 Å². The van der Waals surface area contributed by atoms with Crippen molar-refractivity contribution in [3.8, 4) is 0 Å². The molecule has 0 radical (unpaired) electrons. The van der Waals surface area contributed by atoms with Crippen molar-refractivity contribution in [3.05, 3.63) is 63.7 Å². The van der Waals surface area contributed by atoms with Crippen molar-refractivity contribution in [1.29, 1.82) is 0 Å². The van der Waals surface area contributed by atoms with Crippen molar-refractivity contribution >= 4 is 28.9 Å². The summed E-state index contributed by atoms with van der Waals surface area (Å²) in [5.41, 5.74) is 2.36. The van der Waals surface area contributed by atoms with Gasteiger partial charge in [-0.1, -0.05) is 18.2 Å². The van der Waals surface area contributed by atoms with Crippen molar-refractivity contribution in [2.45, 2.75) is 12.8 Å². The molecule has 140 valence electrons. The lowest BCUT2D eigenvalue weighted by Crippen LogP contribution is -2.39. The molecule has 8 heteroatoms. The molecule has 1 aliphatic heterocycles. The molecule has 0 saturated heterocycles. The van der Waals surface area contributed by atoms with Crippen LogP contribution in [0.4, 0.5) is 17.1 Å². The van der Waals surface area contributed by atoms with E-state index in [0.717, 1.165) is 24.1 Å². The van der Waals surface area contributed by atoms with Gasteiger partial charge in [-0.2, -0.15) is 0 Å². The zero-order valence-electron chi connectivity index (χ0n) is 14.9. The molecule has 2 aromatic rings. The summed E-state index contributed by atoms with van der Waals surface area (Å²) in [4.78, 5) is 36.9. The van der Waals surface area contributed by atoms with Gasteiger partial charge in [0.25, 0.3) is 11.6 Å². The first-order valence-electron chi connectivity index (χ1n) is 8.64. The molecular weight excluding hydrogens is 348 g/mol. The van der Waals surface area contributed by atoms with E-state index >= 15 is 0 Å². The number of nitro benzene ring substituents is 1. The normalized spacial score (nSPS) is 12.9. The van der Waals surface area contributed by atoms with E-state index in [4.69, 9.17) is 0 Å². The first-order valence-corrected chi connectivity index (χ1v) is 8.64. The number of aryl methyl sites for hydroxylation is 1. The number of fused-ring (bicyclic) bond motifs is 1. The molecule has 3 rings (SSSR count). The van der Waals surface area contributed by atoms with Gasteiger partial charge < -0.3 is 15.5 Å². The van der Waals surface area contributed by atoms with Crippen molar-refractivity contribution in [1.82, 2.24) is 5.32 Å². The predicted molar refractivity (Wildman–Crippen MR) is 102 cm³/mol. The Morgan fingerprint density at radius 3 is 2.74 bits per heavy atom. The Bertz CT molecular complexity index is 897. The molecule has 1 heterocycles. The van der Waals surface area contributed by atoms with E-state index in [1.165, 1.54) is 25.2 Å². The molecule has 0 saturated carbocycles. The van der Waals surface area contributed by atoms with Crippen molar-refractivity contribution < 1.29 is 14.5 Å². The summed E-state index contributed by atoms with van der Waals surface area (Å²) in [6.07, 6.45) is 1.83. The Hall–Kier alpha value is -3.42. The van der Waals surface area contributed by atoms with Gasteiger partial charge >= 0.3 is 0 Å². The second-order valence-corrected chi connectivity index (χ2v) is 6.20. The summed E-state index contributed by atoms with van der Waals surface area (Å²) >= 11 is 0. The van der Waals surface area contributed by atoms with Gasteiger partial charge in [0, 0.05) is 37.1 Å². The van der Waals surface area contributed by atoms with Crippen LogP contribution in [0.5, 0.6) is 0 Å². The molecule has 0 atom stereocenters. The molecule has 0 spiro atoms. The number of hydrogen-bond donors (Lipinski definition) is 2. The highest BCUT2D eigenvalue weighted by Crippen LogP contribution is 2.27. The van der Waals surface area contributed by atoms with Gasteiger partial charge in [0.15, 0.2) is 0 Å². The quantitative estimate of drug-likeness (QED) is 0.623. The maximum atomic E-state index is 12.7. The SMILES string of the molecule is CNC(=O)c1cc([N+](=O)[O-])ccc1NCC(=O)N1CCCc2ccccc21. The Labute approximate surface area is 156 Å². The van der Waals surface area contributed by atoms with E-state index in [0.29, 0.717) is 12.2 Å². The van der Waals surface area contributed by atoms with E-state index in [2.05, 4.69) is 10.6 Å². The second-order valence-electron chi connectivity index (χ2n) is 6.20. The average Bonchev–Trinajstić information content (AvgIpc) is 2.70. The van der Waals surface area contributed by atoms with Crippen LogP contribution in [0.15, 0.2) is 42.5 Å². The predicted octanol–water partition coefficient (Wildman–Crippen LogP) is 2.35. The van der Waals surface area contributed by atoms with Crippen LogP contribution in [0.25, 0.3) is 0 Å². The lowest BCUT2D eigenvalue weighted by Gasteiger charge is -2.29. The van der Waals surface area contributed by atoms with E-state index < -0.39 is 10.8 Å². The number of benzene rings is 2. The number of carbonyl (C=O) groups excluding carboxylic acids is 2. The molecule has 0 unspecified atom stereocenters. The Balaban J connectivity index is 1.78. The second kappa shape index (κ2) is 7.86. The molecule has 2 aromatic carbocycles. The van der Waals surface area contributed by atoms with Crippen molar-refractivity contribution in [2.75, 3.05) is 30.4 Å². The summed E-state index contributed by atoms with van der Waals surface area (Å²) < 4.78 is 0. The van der Waals surface area contributed by atoms with Crippen LogP contribution in [0.1, 0.15) is 22.3 Å². The minimum absolute atomic E-state index is 0.0177. The number of nitrogens with one attached hydrogen (secondary N) is 2. The van der Waals surface area contributed by atoms with Gasteiger partial charge in [0.05, 0.1) is 17.0 Å². The van der Waals surface area contributed by atoms with Gasteiger partial charge in [-0.05, 0) is 30.5 Å². The highest BCUT2D eigenvalue weighted by molar-refractivity contribution is 6.02. The number of hydrogen-bond acceptors (Lipinski definition) is 5. The number of anilines is 2. The fourth-order valence-electron chi connectivity index (χ4n) is 3.18. The zero-order valence-corrected chi connectivity index (χ0v) is 14.9. The number of amides is 2. The molecule has 2 N–H and O–H groups in total. The van der Waals surface area contributed by atoms with Crippen LogP contribution in [-0.2, 0) is 11.2 Å². The van der Waals surface area contributed by atoms with Crippen LogP contribution in [0.2, 0.25) is 0 Å². The monoisotopic (exact) mass is 368 g/mol. The highest BCUT2D eigenvalue weighted by atomic mass is 16.6. The van der Waals surface area contributed by atoms with Gasteiger partial charge in [-0.15, -0.1) is 0 Å². The standard InChI is InChI=1S/C19H20N4O4/c1-20-19(25)15-11-14(23(26)27)8-9-16(15)21-12-18(24)22-10-4-6-13-5-2-3-7-17(13)22/h2-3,5,7-9,11,21H,4,6,10,12H2,1H3,(H,20,25). The number of nitrogens with zero attached hydrogens (tertiary/aromatic N) is 2. The first kappa shape index (κ1) is 18.4. The van der Waals surface area contributed by atoms with Crippen molar-refractivity contribution in [3.63, 3.8) is 0 Å². The van der Waals surface area contributed by atoms with E-state index in [-0.39, 0.29) is 23.7 Å². The molecule has 0 fully saturated rings. The number of non-ortho nitro benzene ring substituents is 1. The molecule has 2 amide bonds. The zero-order chi connectivity index (χ0) is 19.4. The summed E-state index contributed by atoms with van der Waals surface area (Å²) in [5, 5.41) is 16.4. The third kappa shape index (κ3) is 3.89. The average molecular weight is 368 g/mol. The molecule has 0 aliphatic carbocycles. The van der Waals surface area contributed by atoms with Crippen LogP contribution in [0, 0.1) is 10.1 Å². The Morgan fingerprint density at radius 2 is 2.00 bits per heavy atom. The third-order valence-electron chi connectivity index (χ3n) is 4.53. The lowest BCUT2D eigenvalue weighted by atomic mass is 10.0. The number of rotatable bonds is 5. The molecule has 8 nitrogen and oxygen atoms in total. The molecule has 0 bridgehead atoms. The summed E-state index contributed by atoms with van der Waals surface area (Å²) in [6, 6.07) is 11.7. The molecule has 1 aliphatic rings. The number of nitro groups is 1. The van der Waals surface area contributed by atoms with Crippen molar-refractivity contribution in [2.24, 2.45) is 0 Å². The van der Waals surface area contributed by atoms with Crippen LogP contribution in [0.3, 0.4) is 0 Å². The Kier molecular flexibility index (Phi) is 5.35. The van der Waals surface area contributed by atoms with Gasteiger partial charge in [-0.25, -0.2) is 0 Å². The smallest absolute Gasteiger partial charge is 0.270 e. The largest absolute Gasteiger partial charge is 0.375 e. The van der Waals surface area contributed by atoms with Gasteiger partial charge in [0.2, 0.25) is 5.91 Å². The highest BCUT2D eigenvalue weighted by Gasteiger charge is 2.23. The summed E-state index contributed by atoms with van der Waals surface area (Å²) in [6.45, 7) is 0.621. The lowest BCUT2D eigenvalue weighted by molar-refractivity contribution is -0.384. The van der Waals surface area contributed by atoms with Crippen LogP contribution >= 0.6 is 0 Å². The van der Waals surface area contributed by atoms with E-state index in [9.17, 15) is 19.7 Å². The summed E-state index contributed by atoms with van der Waals surface area (Å²) in [7, 11) is 1.45. The van der Waals surface area contributed by atoms with Gasteiger partial charge in [0.1, 0.15) is 0 Å². The topological polar surface area (TPSA) is 105 Å². The maximum Gasteiger partial charge on any atom is 0.270 e. The minimum atomic E-state index is -0.563. The molecule has 27 heavy (non-hydrogen) atoms. The number of para-hydroxylation sites is 1. The first-order chi connectivity index (χ1) is 13.0. The molecule has 0 aromatic heterocycles. The molecular formula is C19H20N4O4. The maximum absolute atomic E-state index is 12.7. The minimum Gasteiger partial charge on any atom is -0.375 e. The summed E-state index contributed by atoms with van der Waals surface area (Å²) in [5.74, 6) is -0.583. The third-order valence-corrected chi connectivity index (χ3v) is 4.53.